The first-order valence-corrected chi connectivity index (χ1v) is 28.8. The first-order chi connectivity index (χ1) is 16.5. The Morgan fingerprint density at radius 3 is 0.513 bits per heavy atom. The molecule has 0 aromatic rings. The summed E-state index contributed by atoms with van der Waals surface area (Å²) in [7, 11) is -11.0. The molecular formula is C16H56O16Si7. The zero-order chi connectivity index (χ0) is 31.9. The third-order valence-corrected chi connectivity index (χ3v) is 16.7. The molecule has 0 saturated carbocycles. The third kappa shape index (κ3) is 38.9. The van der Waals surface area contributed by atoms with Gasteiger partial charge in [-0.3, -0.25) is 0 Å². The molecule has 0 aliphatic heterocycles. The number of hydrogen-bond donors (Lipinski definition) is 6. The molecule has 39 heavy (non-hydrogen) atoms. The van der Waals surface area contributed by atoms with Crippen LogP contribution in [0.3, 0.4) is 0 Å². The highest BCUT2D eigenvalue weighted by Crippen LogP contribution is 2.26. The summed E-state index contributed by atoms with van der Waals surface area (Å²) in [5.74, 6) is 0. The Bertz CT molecular complexity index is 492. The van der Waals surface area contributed by atoms with Crippen LogP contribution >= 0.6 is 0 Å². The lowest BCUT2D eigenvalue weighted by Crippen LogP contribution is -2.64. The fraction of sp³-hybridized carbons (Fsp3) is 1.00. The molecule has 0 unspecified atom stereocenters. The van der Waals surface area contributed by atoms with Gasteiger partial charge in [0.25, 0.3) is 0 Å². The first-order valence-electron chi connectivity index (χ1n) is 11.2. The summed E-state index contributed by atoms with van der Waals surface area (Å²) in [6, 6.07) is 0. The molecule has 0 spiro atoms. The van der Waals surface area contributed by atoms with Crippen molar-refractivity contribution in [2.24, 2.45) is 0 Å². The van der Waals surface area contributed by atoms with E-state index in [1.807, 2.05) is 0 Å². The Balaban J connectivity index is -0.000000196. The van der Waals surface area contributed by atoms with Crippen LogP contribution in [-0.4, -0.2) is 138 Å². The van der Waals surface area contributed by atoms with Crippen LogP contribution in [0.5, 0.6) is 0 Å². The molecule has 0 amide bonds. The van der Waals surface area contributed by atoms with Crippen molar-refractivity contribution in [1.82, 2.24) is 0 Å². The molecule has 0 fully saturated rings. The second-order valence-electron chi connectivity index (χ2n) is 9.92. The summed E-state index contributed by atoms with van der Waals surface area (Å²) >= 11 is 0. The van der Waals surface area contributed by atoms with Crippen molar-refractivity contribution in [3.05, 3.63) is 0 Å². The van der Waals surface area contributed by atoms with E-state index >= 15 is 0 Å². The van der Waals surface area contributed by atoms with Gasteiger partial charge in [0.05, 0.1) is 0 Å². The van der Waals surface area contributed by atoms with Gasteiger partial charge in [-0.15, -0.1) is 0 Å². The molecule has 244 valence electrons. The average molecular weight is 701 g/mol. The van der Waals surface area contributed by atoms with E-state index in [-0.39, 0.29) is 5.48 Å². The monoisotopic (exact) mass is 700 g/mol. The second kappa shape index (κ2) is 20.7. The summed E-state index contributed by atoms with van der Waals surface area (Å²) in [4.78, 5) is 46.6. The highest BCUT2D eigenvalue weighted by molar-refractivity contribution is 6.84. The molecule has 0 aliphatic rings. The molecule has 23 heteroatoms. The molecule has 0 aromatic heterocycles. The van der Waals surface area contributed by atoms with Crippen molar-refractivity contribution in [2.75, 3.05) is 42.7 Å². The number of rotatable bonds is 12. The fourth-order valence-corrected chi connectivity index (χ4v) is 13.8. The molecule has 16 nitrogen and oxygen atoms in total. The van der Waals surface area contributed by atoms with E-state index in [0.717, 1.165) is 13.1 Å². The maximum atomic E-state index is 7.77. The minimum absolute atomic E-state index is 0. The maximum absolute atomic E-state index is 7.77. The van der Waals surface area contributed by atoms with Gasteiger partial charge in [-0.1, -0.05) is 26.2 Å². The van der Waals surface area contributed by atoms with Gasteiger partial charge < -0.3 is 73.2 Å². The Kier molecular flexibility index (Phi) is 26.3. The Morgan fingerprint density at radius 1 is 0.333 bits per heavy atom. The summed E-state index contributed by atoms with van der Waals surface area (Å²) < 4.78 is 50.5. The molecule has 0 heterocycles. The van der Waals surface area contributed by atoms with Gasteiger partial charge in [0, 0.05) is 90.0 Å². The summed E-state index contributed by atoms with van der Waals surface area (Å²) in [5.41, 5.74) is 0. The Labute approximate surface area is 241 Å². The van der Waals surface area contributed by atoms with E-state index in [4.69, 9.17) is 67.7 Å². The molecule has 8 N–H and O–H groups in total. The van der Waals surface area contributed by atoms with Crippen LogP contribution in [0.15, 0.2) is 0 Å². The first kappa shape index (κ1) is 49.5. The quantitative estimate of drug-likeness (QED) is 0.139. The van der Waals surface area contributed by atoms with Crippen molar-refractivity contribution in [2.45, 2.75) is 65.5 Å². The van der Waals surface area contributed by atoms with Gasteiger partial charge in [0.1, 0.15) is 0 Å². The molecule has 0 rings (SSSR count). The predicted molar refractivity (Wildman–Crippen MR) is 161 cm³/mol. The van der Waals surface area contributed by atoms with E-state index in [1.54, 1.807) is 26.2 Å². The van der Waals surface area contributed by atoms with Gasteiger partial charge in [0.2, 0.25) is 0 Å². The lowest BCUT2D eigenvalue weighted by Gasteiger charge is -2.40. The Morgan fingerprint density at radius 2 is 0.436 bits per heavy atom. The topological polar surface area (TPSA) is 236 Å². The Hall–Kier alpha value is 0.878. The van der Waals surface area contributed by atoms with Gasteiger partial charge in [0.15, 0.2) is 0 Å². The molecular weight excluding hydrogens is 645 g/mol. The van der Waals surface area contributed by atoms with Gasteiger partial charge in [-0.05, 0) is 0 Å². The summed E-state index contributed by atoms with van der Waals surface area (Å²) in [5, 5.41) is 0. The van der Waals surface area contributed by atoms with Crippen LogP contribution in [0.2, 0.25) is 65.5 Å². The van der Waals surface area contributed by atoms with Crippen LogP contribution in [0.25, 0.3) is 0 Å². The van der Waals surface area contributed by atoms with Crippen molar-refractivity contribution in [3.63, 3.8) is 0 Å². The standard InChI is InChI=1S/C10H30O9Si4.C4H12Si.2CH6O3Si.H2O/c1-11-20(7,12-2)17-23(10,18-21(8,13-3)14-4)19-22(9,15-5)16-6;3*1-5(2,3)4;/h1-10H3;1-4H3;2*2-4H,1H3;1H2. The third-order valence-electron chi connectivity index (χ3n) is 3.34. The zero-order valence-electron chi connectivity index (χ0n) is 26.4. The van der Waals surface area contributed by atoms with Crippen LogP contribution in [0.4, 0.5) is 0 Å². The van der Waals surface area contributed by atoms with Crippen LogP contribution in [0.1, 0.15) is 0 Å². The number of hydrogen-bond acceptors (Lipinski definition) is 15. The van der Waals surface area contributed by atoms with Gasteiger partial charge >= 0.3 is 52.8 Å². The van der Waals surface area contributed by atoms with E-state index in [9.17, 15) is 0 Å². The minimum Gasteiger partial charge on any atom is -0.412 e. The van der Waals surface area contributed by atoms with E-state index in [2.05, 4.69) is 26.2 Å². The fourth-order valence-electron chi connectivity index (χ4n) is 1.57. The SMILES string of the molecule is CO[Si](C)(OC)O[Si](C)(O[Si](C)(OC)OC)O[Si](C)(OC)OC.C[Si](C)(C)C.C[Si](O)(O)O.C[Si](O)(O)O.O. The summed E-state index contributed by atoms with van der Waals surface area (Å²) in [6.45, 7) is 18.2. The van der Waals surface area contributed by atoms with Crippen molar-refractivity contribution in [3.8, 4) is 0 Å². The predicted octanol–water partition coefficient (Wildman–Crippen LogP) is -0.617. The van der Waals surface area contributed by atoms with Crippen molar-refractivity contribution < 1.29 is 73.2 Å². The van der Waals surface area contributed by atoms with Gasteiger partial charge in [-0.25, -0.2) is 0 Å². The molecule has 0 atom stereocenters. The van der Waals surface area contributed by atoms with E-state index in [0.29, 0.717) is 0 Å². The molecule has 0 radical (unpaired) electrons. The highest BCUT2D eigenvalue weighted by atomic mass is 28.5. The normalized spacial score (nSPS) is 13.1. The average Bonchev–Trinajstić information content (AvgIpc) is 2.69. The molecule has 0 aliphatic carbocycles. The van der Waals surface area contributed by atoms with Crippen LogP contribution < -0.4 is 0 Å². The largest absolute Gasteiger partial charge is 0.489 e. The van der Waals surface area contributed by atoms with Crippen LogP contribution in [-0.2, 0) is 38.9 Å². The van der Waals surface area contributed by atoms with E-state index in [1.165, 1.54) is 42.7 Å². The van der Waals surface area contributed by atoms with Crippen LogP contribution in [0, 0.1) is 0 Å². The van der Waals surface area contributed by atoms with Crippen molar-refractivity contribution in [1.29, 1.82) is 0 Å². The second-order valence-corrected chi connectivity index (χ2v) is 31.6. The van der Waals surface area contributed by atoms with Gasteiger partial charge in [-0.2, -0.15) is 0 Å². The molecule has 0 saturated heterocycles. The molecule has 0 bridgehead atoms. The maximum Gasteiger partial charge on any atom is 0.489 e. The molecule has 0 aromatic carbocycles. The lowest BCUT2D eigenvalue weighted by atomic mass is 11.8. The highest BCUT2D eigenvalue weighted by Gasteiger charge is 2.56. The summed E-state index contributed by atoms with van der Waals surface area (Å²) in [6.07, 6.45) is 0. The lowest BCUT2D eigenvalue weighted by molar-refractivity contribution is 0.0703. The van der Waals surface area contributed by atoms with E-state index < -0.39 is 60.9 Å². The smallest absolute Gasteiger partial charge is 0.412 e. The van der Waals surface area contributed by atoms with Crippen molar-refractivity contribution >= 4 is 60.9 Å². The minimum atomic E-state index is -3.61. The zero-order valence-corrected chi connectivity index (χ0v) is 33.4.